The molecule has 3 heterocycles. The summed E-state index contributed by atoms with van der Waals surface area (Å²) in [5, 5.41) is 9.22. The minimum absolute atomic E-state index is 0.156. The molecule has 2 aromatic heterocycles. The largest absolute Gasteiger partial charge is 0.478 e. The van der Waals surface area contributed by atoms with Crippen LogP contribution in [0, 0.1) is 11.3 Å². The third-order valence-corrected chi connectivity index (χ3v) is 5.20. The first-order chi connectivity index (χ1) is 13.3. The Hall–Kier alpha value is -2.76. The predicted molar refractivity (Wildman–Crippen MR) is 107 cm³/mol. The molecule has 1 aliphatic heterocycles. The second kappa shape index (κ2) is 8.09. The van der Waals surface area contributed by atoms with Crippen molar-refractivity contribution in [3.05, 3.63) is 47.9 Å². The second-order valence-corrected chi connectivity index (χ2v) is 8.47. The average molecular weight is 381 g/mol. The molecule has 6 heteroatoms. The summed E-state index contributed by atoms with van der Waals surface area (Å²) < 4.78 is 0. The van der Waals surface area contributed by atoms with Crippen molar-refractivity contribution < 1.29 is 14.7 Å². The molecule has 3 rings (SSSR count). The number of amides is 1. The number of hydrogen-bond donors (Lipinski definition) is 1. The zero-order chi connectivity index (χ0) is 20.3. The maximum Gasteiger partial charge on any atom is 0.337 e. The molecule has 0 aromatic carbocycles. The molecule has 1 saturated heterocycles. The summed E-state index contributed by atoms with van der Waals surface area (Å²) in [5.41, 5.74) is 2.41. The standard InChI is InChI=1S/C22H27N3O3/c1-22(2,3)21(28)25-9-6-15(7-10-25)11-16-5-4-8-24-19(16)17-12-18(20(26)27)14-23-13-17/h4-5,8,12-15H,6-7,9-11H2,1-3H3,(H,26,27). The molecule has 1 N–H and O–H groups in total. The number of aromatic carboxylic acids is 1. The highest BCUT2D eigenvalue weighted by atomic mass is 16.4. The van der Waals surface area contributed by atoms with Gasteiger partial charge in [0.05, 0.1) is 11.3 Å². The number of aromatic nitrogens is 2. The van der Waals surface area contributed by atoms with Gasteiger partial charge in [-0.1, -0.05) is 26.8 Å². The fraction of sp³-hybridized carbons (Fsp3) is 0.455. The van der Waals surface area contributed by atoms with Crippen LogP contribution < -0.4 is 0 Å². The molecule has 1 fully saturated rings. The van der Waals surface area contributed by atoms with Crippen molar-refractivity contribution >= 4 is 11.9 Å². The van der Waals surface area contributed by atoms with Gasteiger partial charge < -0.3 is 10.0 Å². The highest BCUT2D eigenvalue weighted by molar-refractivity contribution is 5.88. The Morgan fingerprint density at radius 3 is 2.57 bits per heavy atom. The van der Waals surface area contributed by atoms with E-state index in [0.717, 1.165) is 49.2 Å². The lowest BCUT2D eigenvalue weighted by molar-refractivity contribution is -0.140. The Kier molecular flexibility index (Phi) is 5.77. The molecule has 0 atom stereocenters. The zero-order valence-electron chi connectivity index (χ0n) is 16.7. The number of pyridine rings is 2. The highest BCUT2D eigenvalue weighted by Crippen LogP contribution is 2.29. The molecule has 0 spiro atoms. The monoisotopic (exact) mass is 381 g/mol. The van der Waals surface area contributed by atoms with Crippen LogP contribution in [0.5, 0.6) is 0 Å². The second-order valence-electron chi connectivity index (χ2n) is 8.47. The fourth-order valence-electron chi connectivity index (χ4n) is 3.68. The third-order valence-electron chi connectivity index (χ3n) is 5.20. The maximum absolute atomic E-state index is 12.5. The molecule has 6 nitrogen and oxygen atoms in total. The molecule has 1 amide bonds. The van der Waals surface area contributed by atoms with Gasteiger partial charge in [0, 0.05) is 42.7 Å². The van der Waals surface area contributed by atoms with Crippen LogP contribution in [0.1, 0.15) is 49.5 Å². The van der Waals surface area contributed by atoms with Gasteiger partial charge in [-0.3, -0.25) is 14.8 Å². The molecule has 0 bridgehead atoms. The van der Waals surface area contributed by atoms with Crippen molar-refractivity contribution in [2.24, 2.45) is 11.3 Å². The van der Waals surface area contributed by atoms with E-state index in [2.05, 4.69) is 9.97 Å². The number of carbonyl (C=O) groups is 2. The Balaban J connectivity index is 1.73. The molecular formula is C22H27N3O3. The summed E-state index contributed by atoms with van der Waals surface area (Å²) in [5.74, 6) is -0.310. The number of hydrogen-bond acceptors (Lipinski definition) is 4. The van der Waals surface area contributed by atoms with Crippen LogP contribution in [0.15, 0.2) is 36.8 Å². The summed E-state index contributed by atoms with van der Waals surface area (Å²) in [6.45, 7) is 7.45. The zero-order valence-corrected chi connectivity index (χ0v) is 16.7. The molecule has 148 valence electrons. The van der Waals surface area contributed by atoms with Crippen molar-refractivity contribution in [2.45, 2.75) is 40.0 Å². The number of carboxylic acids is 1. The van der Waals surface area contributed by atoms with Crippen LogP contribution in [-0.2, 0) is 11.2 Å². The summed E-state index contributed by atoms with van der Waals surface area (Å²) in [4.78, 5) is 34.2. The lowest BCUT2D eigenvalue weighted by atomic mass is 9.87. The van der Waals surface area contributed by atoms with Gasteiger partial charge in [-0.2, -0.15) is 0 Å². The number of carbonyl (C=O) groups excluding carboxylic acids is 1. The number of likely N-dealkylation sites (tertiary alicyclic amines) is 1. The molecule has 0 aliphatic carbocycles. The summed E-state index contributed by atoms with van der Waals surface area (Å²) >= 11 is 0. The third kappa shape index (κ3) is 4.55. The Morgan fingerprint density at radius 2 is 1.93 bits per heavy atom. The van der Waals surface area contributed by atoms with Gasteiger partial charge in [-0.05, 0) is 42.9 Å². The Labute approximate surface area is 165 Å². The van der Waals surface area contributed by atoms with Crippen molar-refractivity contribution in [2.75, 3.05) is 13.1 Å². The number of nitrogens with zero attached hydrogens (tertiary/aromatic N) is 3. The van der Waals surface area contributed by atoms with Crippen LogP contribution in [0.3, 0.4) is 0 Å². The Morgan fingerprint density at radius 1 is 1.21 bits per heavy atom. The van der Waals surface area contributed by atoms with Gasteiger partial charge in [-0.15, -0.1) is 0 Å². The summed E-state index contributed by atoms with van der Waals surface area (Å²) in [7, 11) is 0. The van der Waals surface area contributed by atoms with Crippen molar-refractivity contribution in [1.82, 2.24) is 14.9 Å². The molecule has 0 unspecified atom stereocenters. The molecular weight excluding hydrogens is 354 g/mol. The van der Waals surface area contributed by atoms with Crippen LogP contribution in [0.25, 0.3) is 11.3 Å². The van der Waals surface area contributed by atoms with E-state index in [1.807, 2.05) is 37.8 Å². The van der Waals surface area contributed by atoms with Crippen LogP contribution >= 0.6 is 0 Å². The number of rotatable bonds is 4. The topological polar surface area (TPSA) is 83.4 Å². The van der Waals surface area contributed by atoms with E-state index < -0.39 is 5.97 Å². The molecule has 28 heavy (non-hydrogen) atoms. The van der Waals surface area contributed by atoms with Gasteiger partial charge in [-0.25, -0.2) is 4.79 Å². The molecule has 1 aliphatic rings. The van der Waals surface area contributed by atoms with Crippen molar-refractivity contribution in [3.8, 4) is 11.3 Å². The van der Waals surface area contributed by atoms with E-state index in [1.54, 1.807) is 18.5 Å². The van der Waals surface area contributed by atoms with Crippen molar-refractivity contribution in [1.29, 1.82) is 0 Å². The van der Waals surface area contributed by atoms with Gasteiger partial charge in [0.2, 0.25) is 5.91 Å². The van der Waals surface area contributed by atoms with E-state index >= 15 is 0 Å². The maximum atomic E-state index is 12.5. The van der Waals surface area contributed by atoms with Crippen LogP contribution in [-0.4, -0.2) is 44.9 Å². The summed E-state index contributed by atoms with van der Waals surface area (Å²) in [6, 6.07) is 5.57. The highest BCUT2D eigenvalue weighted by Gasteiger charge is 2.30. The molecule has 0 radical (unpaired) electrons. The number of piperidine rings is 1. The van der Waals surface area contributed by atoms with E-state index in [1.165, 1.54) is 6.20 Å². The molecule has 2 aromatic rings. The van der Waals surface area contributed by atoms with E-state index in [0.29, 0.717) is 5.92 Å². The first-order valence-corrected chi connectivity index (χ1v) is 9.67. The van der Waals surface area contributed by atoms with Gasteiger partial charge in [0.15, 0.2) is 0 Å². The van der Waals surface area contributed by atoms with E-state index in [-0.39, 0.29) is 16.9 Å². The quantitative estimate of drug-likeness (QED) is 0.874. The minimum atomic E-state index is -0.997. The Bertz CT molecular complexity index is 865. The average Bonchev–Trinajstić information content (AvgIpc) is 2.68. The molecule has 0 saturated carbocycles. The van der Waals surface area contributed by atoms with Gasteiger partial charge >= 0.3 is 5.97 Å². The normalized spacial score (nSPS) is 15.5. The van der Waals surface area contributed by atoms with Crippen LogP contribution in [0.4, 0.5) is 0 Å². The van der Waals surface area contributed by atoms with Gasteiger partial charge in [0.1, 0.15) is 0 Å². The smallest absolute Gasteiger partial charge is 0.337 e. The summed E-state index contributed by atoms with van der Waals surface area (Å²) in [6.07, 6.45) is 7.50. The fourth-order valence-corrected chi connectivity index (χ4v) is 3.68. The number of carboxylic acid groups (broad SMARTS) is 1. The first-order valence-electron chi connectivity index (χ1n) is 9.67. The first kappa shape index (κ1) is 20.0. The minimum Gasteiger partial charge on any atom is -0.478 e. The predicted octanol–water partition coefficient (Wildman–Crippen LogP) is 3.67. The van der Waals surface area contributed by atoms with Gasteiger partial charge in [0.25, 0.3) is 0 Å². The lowest BCUT2D eigenvalue weighted by Crippen LogP contribution is -2.44. The van der Waals surface area contributed by atoms with Crippen LogP contribution in [0.2, 0.25) is 0 Å². The van der Waals surface area contributed by atoms with Crippen molar-refractivity contribution in [3.63, 3.8) is 0 Å². The van der Waals surface area contributed by atoms with E-state index in [4.69, 9.17) is 0 Å². The SMILES string of the molecule is CC(C)(C)C(=O)N1CCC(Cc2cccnc2-c2cncc(C(=O)O)c2)CC1. The van der Waals surface area contributed by atoms with E-state index in [9.17, 15) is 14.7 Å². The lowest BCUT2D eigenvalue weighted by Gasteiger charge is -2.36.